The topological polar surface area (TPSA) is 89.9 Å². The number of carbonyl (C=O) groups excluding carboxylic acids is 2. The molecule has 6 heteroatoms. The van der Waals surface area contributed by atoms with Gasteiger partial charge >= 0.3 is 17.9 Å². The molecule has 0 aliphatic carbocycles. The number of rotatable bonds is 6. The summed E-state index contributed by atoms with van der Waals surface area (Å²) in [5.41, 5.74) is -0.234. The lowest BCUT2D eigenvalue weighted by Crippen LogP contribution is -2.31. The Morgan fingerprint density at radius 3 is 1.70 bits per heavy atom. The second kappa shape index (κ2) is 8.84. The normalized spacial score (nSPS) is 11.5. The zero-order valence-electron chi connectivity index (χ0n) is 16.8. The number of carboxylic acid groups (broad SMARTS) is 1. The van der Waals surface area contributed by atoms with Crippen molar-refractivity contribution in [1.29, 1.82) is 0 Å². The molecule has 0 aromatic heterocycles. The second-order valence-corrected chi connectivity index (χ2v) is 8.20. The standard InChI is InChI=1S/C21H28O6/c1-20(2,3)26-18(24)16(19(25)27-21(4,5)6)13-15-9-7-14(8-10-15)11-12-17(22)23/h7-10,13H,11-12H2,1-6H3,(H,22,23). The summed E-state index contributed by atoms with van der Waals surface area (Å²) in [6.07, 6.45) is 1.86. The van der Waals surface area contributed by atoms with Gasteiger partial charge in [-0.3, -0.25) is 4.79 Å². The van der Waals surface area contributed by atoms with Gasteiger partial charge in [0.2, 0.25) is 0 Å². The number of hydrogen-bond acceptors (Lipinski definition) is 5. The lowest BCUT2D eigenvalue weighted by molar-refractivity contribution is -0.158. The summed E-state index contributed by atoms with van der Waals surface area (Å²) in [6, 6.07) is 6.95. The van der Waals surface area contributed by atoms with Crippen LogP contribution in [0.3, 0.4) is 0 Å². The number of benzene rings is 1. The van der Waals surface area contributed by atoms with Gasteiger partial charge in [-0.2, -0.15) is 0 Å². The molecule has 0 aliphatic heterocycles. The minimum atomic E-state index is -0.865. The Balaban J connectivity index is 3.11. The van der Waals surface area contributed by atoms with Crippen molar-refractivity contribution in [3.8, 4) is 0 Å². The van der Waals surface area contributed by atoms with Crippen molar-refractivity contribution in [1.82, 2.24) is 0 Å². The van der Waals surface area contributed by atoms with Crippen LogP contribution in [0, 0.1) is 0 Å². The molecule has 0 atom stereocenters. The fourth-order valence-corrected chi connectivity index (χ4v) is 2.07. The predicted octanol–water partition coefficient (Wildman–Crippen LogP) is 3.77. The number of carbonyl (C=O) groups is 3. The molecule has 0 aliphatic rings. The average molecular weight is 376 g/mol. The molecule has 1 aromatic rings. The summed E-state index contributed by atoms with van der Waals surface area (Å²) in [4.78, 5) is 35.6. The van der Waals surface area contributed by atoms with E-state index in [9.17, 15) is 14.4 Å². The summed E-state index contributed by atoms with van der Waals surface area (Å²) >= 11 is 0. The third kappa shape index (κ3) is 9.03. The SMILES string of the molecule is CC(C)(C)OC(=O)C(=Cc1ccc(CCC(=O)O)cc1)C(=O)OC(C)(C)C. The van der Waals surface area contributed by atoms with Crippen molar-refractivity contribution in [3.05, 3.63) is 41.0 Å². The molecule has 27 heavy (non-hydrogen) atoms. The van der Waals surface area contributed by atoms with Crippen LogP contribution in [0.25, 0.3) is 6.08 Å². The number of hydrogen-bond donors (Lipinski definition) is 1. The monoisotopic (exact) mass is 376 g/mol. The largest absolute Gasteiger partial charge is 0.481 e. The third-order valence-electron chi connectivity index (χ3n) is 3.16. The molecule has 1 rings (SSSR count). The zero-order valence-corrected chi connectivity index (χ0v) is 16.8. The maximum absolute atomic E-state index is 12.5. The van der Waals surface area contributed by atoms with Crippen molar-refractivity contribution in [2.24, 2.45) is 0 Å². The Hall–Kier alpha value is -2.63. The second-order valence-electron chi connectivity index (χ2n) is 8.20. The smallest absolute Gasteiger partial charge is 0.346 e. The van der Waals surface area contributed by atoms with Crippen LogP contribution < -0.4 is 0 Å². The van der Waals surface area contributed by atoms with Gasteiger partial charge < -0.3 is 14.6 Å². The third-order valence-corrected chi connectivity index (χ3v) is 3.16. The summed E-state index contributed by atoms with van der Waals surface area (Å²) in [5, 5.41) is 8.74. The van der Waals surface area contributed by atoms with Crippen molar-refractivity contribution < 1.29 is 29.0 Å². The van der Waals surface area contributed by atoms with E-state index in [0.717, 1.165) is 5.56 Å². The molecule has 6 nitrogen and oxygen atoms in total. The molecule has 0 spiro atoms. The minimum absolute atomic E-state index is 0.0379. The van der Waals surface area contributed by atoms with Gasteiger partial charge in [-0.15, -0.1) is 0 Å². The molecule has 0 fully saturated rings. The molecule has 0 amide bonds. The van der Waals surface area contributed by atoms with Crippen molar-refractivity contribution >= 4 is 24.0 Å². The number of esters is 2. The van der Waals surface area contributed by atoms with E-state index < -0.39 is 29.1 Å². The lowest BCUT2D eigenvalue weighted by Gasteiger charge is -2.23. The first-order valence-corrected chi connectivity index (χ1v) is 8.76. The van der Waals surface area contributed by atoms with Crippen LogP contribution in [-0.4, -0.2) is 34.2 Å². The Morgan fingerprint density at radius 1 is 0.889 bits per heavy atom. The Labute approximate surface area is 160 Å². The van der Waals surface area contributed by atoms with Crippen LogP contribution in [0.4, 0.5) is 0 Å². The maximum Gasteiger partial charge on any atom is 0.346 e. The highest BCUT2D eigenvalue weighted by molar-refractivity contribution is 6.17. The summed E-state index contributed by atoms with van der Waals surface area (Å²) in [7, 11) is 0. The van der Waals surface area contributed by atoms with Crippen LogP contribution in [0.5, 0.6) is 0 Å². The molecule has 0 bridgehead atoms. The van der Waals surface area contributed by atoms with Gasteiger partial charge in [-0.05, 0) is 65.2 Å². The fraction of sp³-hybridized carbons (Fsp3) is 0.476. The van der Waals surface area contributed by atoms with Crippen molar-refractivity contribution in [3.63, 3.8) is 0 Å². The first-order valence-electron chi connectivity index (χ1n) is 8.76. The highest BCUT2D eigenvalue weighted by atomic mass is 16.6. The number of ether oxygens (including phenoxy) is 2. The van der Waals surface area contributed by atoms with Gasteiger partial charge in [0.05, 0.1) is 0 Å². The van der Waals surface area contributed by atoms with Gasteiger partial charge in [0.1, 0.15) is 16.8 Å². The van der Waals surface area contributed by atoms with Crippen molar-refractivity contribution in [2.45, 2.75) is 65.6 Å². The first-order chi connectivity index (χ1) is 12.3. The summed E-state index contributed by atoms with van der Waals surface area (Å²) in [6.45, 7) is 10.3. The summed E-state index contributed by atoms with van der Waals surface area (Å²) in [5.74, 6) is -2.38. The van der Waals surface area contributed by atoms with E-state index in [4.69, 9.17) is 14.6 Å². The predicted molar refractivity (Wildman–Crippen MR) is 102 cm³/mol. The van der Waals surface area contributed by atoms with Crippen LogP contribution >= 0.6 is 0 Å². The molecular weight excluding hydrogens is 348 g/mol. The van der Waals surface area contributed by atoms with E-state index in [1.807, 2.05) is 0 Å². The molecule has 0 heterocycles. The molecule has 0 unspecified atom stereocenters. The number of aryl methyl sites for hydroxylation is 1. The van der Waals surface area contributed by atoms with Crippen LogP contribution in [0.15, 0.2) is 29.8 Å². The van der Waals surface area contributed by atoms with E-state index in [1.165, 1.54) is 6.08 Å². The lowest BCUT2D eigenvalue weighted by atomic mass is 10.0. The van der Waals surface area contributed by atoms with Gasteiger partial charge in [-0.1, -0.05) is 24.3 Å². The van der Waals surface area contributed by atoms with Crippen LogP contribution in [0.2, 0.25) is 0 Å². The molecule has 0 radical (unpaired) electrons. The molecule has 1 aromatic carbocycles. The molecule has 0 saturated heterocycles. The Morgan fingerprint density at radius 2 is 1.33 bits per heavy atom. The highest BCUT2D eigenvalue weighted by Gasteiger charge is 2.29. The zero-order chi connectivity index (χ0) is 20.8. The average Bonchev–Trinajstić information content (AvgIpc) is 2.48. The van der Waals surface area contributed by atoms with Gasteiger partial charge in [-0.25, -0.2) is 9.59 Å². The number of aliphatic carboxylic acids is 1. The van der Waals surface area contributed by atoms with E-state index in [-0.39, 0.29) is 12.0 Å². The maximum atomic E-state index is 12.5. The fourth-order valence-electron chi connectivity index (χ4n) is 2.07. The summed E-state index contributed by atoms with van der Waals surface area (Å²) < 4.78 is 10.6. The van der Waals surface area contributed by atoms with Crippen LogP contribution in [-0.2, 0) is 30.3 Å². The number of carboxylic acids is 1. The van der Waals surface area contributed by atoms with Gasteiger partial charge in [0.25, 0.3) is 0 Å². The van der Waals surface area contributed by atoms with E-state index in [0.29, 0.717) is 12.0 Å². The quantitative estimate of drug-likeness (QED) is 0.352. The molecule has 148 valence electrons. The van der Waals surface area contributed by atoms with E-state index in [2.05, 4.69) is 0 Å². The van der Waals surface area contributed by atoms with Gasteiger partial charge in [0, 0.05) is 6.42 Å². The minimum Gasteiger partial charge on any atom is -0.481 e. The van der Waals surface area contributed by atoms with E-state index >= 15 is 0 Å². The Kier molecular flexibility index (Phi) is 7.34. The van der Waals surface area contributed by atoms with E-state index in [1.54, 1.807) is 65.8 Å². The molecular formula is C21H28O6. The van der Waals surface area contributed by atoms with Gasteiger partial charge in [0.15, 0.2) is 0 Å². The van der Waals surface area contributed by atoms with Crippen molar-refractivity contribution in [2.75, 3.05) is 0 Å². The highest BCUT2D eigenvalue weighted by Crippen LogP contribution is 2.19. The van der Waals surface area contributed by atoms with Crippen LogP contribution in [0.1, 0.15) is 59.1 Å². The first kappa shape index (κ1) is 22.4. The Bertz CT molecular complexity index is 685. The molecule has 1 N–H and O–H groups in total. The molecule has 0 saturated carbocycles.